The van der Waals surface area contributed by atoms with Crippen molar-refractivity contribution >= 4 is 11.4 Å². The first-order chi connectivity index (χ1) is 7.81. The lowest BCUT2D eigenvalue weighted by Gasteiger charge is -2.29. The number of nitrogens with one attached hydrogen (secondary N) is 1. The SMILES string of the molecule is CCN(CCO)c1c(NC(C)(C)C)c(=O)c1=O. The first-order valence-electron chi connectivity index (χ1n) is 5.79. The Kier molecular flexibility index (Phi) is 3.93. The van der Waals surface area contributed by atoms with Crippen LogP contribution in [0.25, 0.3) is 0 Å². The summed E-state index contributed by atoms with van der Waals surface area (Å²) in [5.41, 5.74) is -0.423. The van der Waals surface area contributed by atoms with Crippen molar-refractivity contribution < 1.29 is 5.11 Å². The van der Waals surface area contributed by atoms with Gasteiger partial charge in [0.25, 0.3) is 10.9 Å². The Balaban J connectivity index is 3.04. The number of rotatable bonds is 5. The Labute approximate surface area is 101 Å². The molecule has 0 radical (unpaired) electrons. The zero-order valence-electron chi connectivity index (χ0n) is 10.8. The van der Waals surface area contributed by atoms with Crippen molar-refractivity contribution in [3.05, 3.63) is 20.4 Å². The first kappa shape index (κ1) is 13.7. The predicted octanol–water partition coefficient (Wildman–Crippen LogP) is 0.312. The molecule has 1 rings (SSSR count). The fraction of sp³-hybridized carbons (Fsp3) is 0.667. The van der Waals surface area contributed by atoms with Gasteiger partial charge >= 0.3 is 0 Å². The third-order valence-electron chi connectivity index (χ3n) is 2.45. The van der Waals surface area contributed by atoms with Crippen LogP contribution in [0.1, 0.15) is 27.7 Å². The van der Waals surface area contributed by atoms with Crippen LogP contribution in [0, 0.1) is 0 Å². The summed E-state index contributed by atoms with van der Waals surface area (Å²) < 4.78 is 0. The highest BCUT2D eigenvalue weighted by atomic mass is 16.3. The predicted molar refractivity (Wildman–Crippen MR) is 69.7 cm³/mol. The molecule has 5 nitrogen and oxygen atoms in total. The van der Waals surface area contributed by atoms with E-state index in [1.54, 1.807) is 4.90 Å². The number of hydrogen-bond acceptors (Lipinski definition) is 5. The van der Waals surface area contributed by atoms with E-state index in [-0.39, 0.29) is 12.1 Å². The standard InChI is InChI=1S/C12H20N2O3/c1-5-14(6-7-15)9-8(10(16)11(9)17)13-12(2,3)4/h13,15H,5-7H2,1-4H3. The zero-order chi connectivity index (χ0) is 13.2. The molecule has 0 aliphatic rings. The van der Waals surface area contributed by atoms with Crippen LogP contribution in [0.5, 0.6) is 0 Å². The van der Waals surface area contributed by atoms with Crippen LogP contribution in [0.2, 0.25) is 0 Å². The van der Waals surface area contributed by atoms with Crippen molar-refractivity contribution in [1.29, 1.82) is 0 Å². The van der Waals surface area contributed by atoms with Crippen molar-refractivity contribution in [3.63, 3.8) is 0 Å². The van der Waals surface area contributed by atoms with Crippen LogP contribution in [0.4, 0.5) is 11.4 Å². The number of anilines is 2. The summed E-state index contributed by atoms with van der Waals surface area (Å²) in [6.45, 7) is 8.57. The van der Waals surface area contributed by atoms with E-state index in [1.165, 1.54) is 0 Å². The van der Waals surface area contributed by atoms with E-state index in [2.05, 4.69) is 5.32 Å². The smallest absolute Gasteiger partial charge is 0.253 e. The second kappa shape index (κ2) is 4.87. The van der Waals surface area contributed by atoms with Gasteiger partial charge in [0.2, 0.25) is 0 Å². The number of aliphatic hydroxyl groups excluding tert-OH is 1. The van der Waals surface area contributed by atoms with Crippen molar-refractivity contribution in [2.24, 2.45) is 0 Å². The Morgan fingerprint density at radius 1 is 1.24 bits per heavy atom. The molecule has 1 aromatic rings. The molecule has 0 aliphatic heterocycles. The van der Waals surface area contributed by atoms with E-state index in [0.717, 1.165) is 0 Å². The van der Waals surface area contributed by atoms with Crippen molar-refractivity contribution in [1.82, 2.24) is 0 Å². The summed E-state index contributed by atoms with van der Waals surface area (Å²) in [6, 6.07) is 0. The summed E-state index contributed by atoms with van der Waals surface area (Å²) in [5.74, 6) is 0. The molecule has 17 heavy (non-hydrogen) atoms. The number of aliphatic hydroxyl groups is 1. The first-order valence-corrected chi connectivity index (χ1v) is 5.79. The van der Waals surface area contributed by atoms with Gasteiger partial charge in [-0.1, -0.05) is 0 Å². The highest BCUT2D eigenvalue weighted by Crippen LogP contribution is 2.22. The van der Waals surface area contributed by atoms with Crippen molar-refractivity contribution in [2.75, 3.05) is 29.9 Å². The molecule has 0 amide bonds. The van der Waals surface area contributed by atoms with Gasteiger partial charge in [-0.15, -0.1) is 0 Å². The van der Waals surface area contributed by atoms with Gasteiger partial charge in [0.15, 0.2) is 0 Å². The fourth-order valence-electron chi connectivity index (χ4n) is 1.72. The minimum absolute atomic E-state index is 0.0401. The Morgan fingerprint density at radius 2 is 1.82 bits per heavy atom. The molecule has 0 aliphatic carbocycles. The molecule has 0 atom stereocenters. The average Bonchev–Trinajstić information content (AvgIpc) is 2.25. The van der Waals surface area contributed by atoms with Crippen LogP contribution < -0.4 is 21.1 Å². The third kappa shape index (κ3) is 2.85. The van der Waals surface area contributed by atoms with Crippen molar-refractivity contribution in [3.8, 4) is 0 Å². The van der Waals surface area contributed by atoms with Gasteiger partial charge in [-0.25, -0.2) is 0 Å². The zero-order valence-corrected chi connectivity index (χ0v) is 10.8. The van der Waals surface area contributed by atoms with E-state index >= 15 is 0 Å². The number of nitrogens with zero attached hydrogens (tertiary/aromatic N) is 1. The van der Waals surface area contributed by atoms with Crippen LogP contribution in [-0.4, -0.2) is 30.3 Å². The molecule has 0 saturated heterocycles. The molecule has 0 spiro atoms. The van der Waals surface area contributed by atoms with E-state index < -0.39 is 10.9 Å². The van der Waals surface area contributed by atoms with E-state index in [9.17, 15) is 9.59 Å². The molecule has 0 unspecified atom stereocenters. The Bertz CT molecular complexity index is 453. The molecule has 2 N–H and O–H groups in total. The van der Waals surface area contributed by atoms with Gasteiger partial charge in [0.1, 0.15) is 11.4 Å². The van der Waals surface area contributed by atoms with Gasteiger partial charge < -0.3 is 15.3 Å². The quantitative estimate of drug-likeness (QED) is 0.725. The van der Waals surface area contributed by atoms with E-state index in [0.29, 0.717) is 24.5 Å². The molecule has 5 heteroatoms. The third-order valence-corrected chi connectivity index (χ3v) is 2.45. The molecule has 0 saturated carbocycles. The summed E-state index contributed by atoms with van der Waals surface area (Å²) in [5, 5.41) is 12.0. The number of likely N-dealkylation sites (N-methyl/N-ethyl adjacent to an activating group) is 1. The van der Waals surface area contributed by atoms with Crippen molar-refractivity contribution in [2.45, 2.75) is 33.2 Å². The molecule has 1 aromatic carbocycles. The molecule has 0 heterocycles. The molecule has 96 valence electrons. The van der Waals surface area contributed by atoms with Gasteiger partial charge in [-0.3, -0.25) is 9.59 Å². The maximum Gasteiger partial charge on any atom is 0.253 e. The molecule has 0 fully saturated rings. The lowest BCUT2D eigenvalue weighted by Crippen LogP contribution is -2.46. The van der Waals surface area contributed by atoms with Gasteiger partial charge in [-0.05, 0) is 27.7 Å². The summed E-state index contributed by atoms with van der Waals surface area (Å²) in [4.78, 5) is 24.8. The Hall–Kier alpha value is -1.36. The topological polar surface area (TPSA) is 69.6 Å². The Morgan fingerprint density at radius 3 is 2.24 bits per heavy atom. The highest BCUT2D eigenvalue weighted by Gasteiger charge is 2.27. The second-order valence-corrected chi connectivity index (χ2v) is 5.06. The van der Waals surface area contributed by atoms with E-state index in [1.807, 2.05) is 27.7 Å². The van der Waals surface area contributed by atoms with Crippen LogP contribution in [0.3, 0.4) is 0 Å². The maximum absolute atomic E-state index is 11.6. The lowest BCUT2D eigenvalue weighted by atomic mass is 10.1. The van der Waals surface area contributed by atoms with Gasteiger partial charge in [-0.2, -0.15) is 0 Å². The monoisotopic (exact) mass is 240 g/mol. The highest BCUT2D eigenvalue weighted by molar-refractivity contribution is 5.75. The molecular formula is C12H20N2O3. The summed E-state index contributed by atoms with van der Waals surface area (Å²) in [7, 11) is 0. The van der Waals surface area contributed by atoms with Crippen LogP contribution in [-0.2, 0) is 0 Å². The van der Waals surface area contributed by atoms with E-state index in [4.69, 9.17) is 5.11 Å². The largest absolute Gasteiger partial charge is 0.395 e. The lowest BCUT2D eigenvalue weighted by molar-refractivity contribution is 0.302. The average molecular weight is 240 g/mol. The van der Waals surface area contributed by atoms with Gasteiger partial charge in [0, 0.05) is 18.6 Å². The number of hydrogen-bond donors (Lipinski definition) is 2. The normalized spacial score (nSPS) is 11.8. The molecule has 0 bridgehead atoms. The minimum atomic E-state index is -0.466. The minimum Gasteiger partial charge on any atom is -0.395 e. The maximum atomic E-state index is 11.6. The molecular weight excluding hydrogens is 220 g/mol. The van der Waals surface area contributed by atoms with Crippen LogP contribution in [0.15, 0.2) is 9.59 Å². The van der Waals surface area contributed by atoms with Crippen LogP contribution >= 0.6 is 0 Å². The van der Waals surface area contributed by atoms with Gasteiger partial charge in [0.05, 0.1) is 6.61 Å². The summed E-state index contributed by atoms with van der Waals surface area (Å²) >= 11 is 0. The fourth-order valence-corrected chi connectivity index (χ4v) is 1.72. The molecule has 0 aromatic heterocycles. The second-order valence-electron chi connectivity index (χ2n) is 5.06. The summed E-state index contributed by atoms with van der Waals surface area (Å²) in [6.07, 6.45) is 0.